The molecular formula is C13H20N2O2S2. The van der Waals surface area contributed by atoms with Gasteiger partial charge in [0, 0.05) is 13.1 Å². The molecule has 2 rings (SSSR count). The lowest BCUT2D eigenvalue weighted by atomic mass is 10.1. The summed E-state index contributed by atoms with van der Waals surface area (Å²) in [5.41, 5.74) is 7.24. The van der Waals surface area contributed by atoms with Gasteiger partial charge in [0.15, 0.2) is 0 Å². The van der Waals surface area contributed by atoms with Crippen LogP contribution in [0.5, 0.6) is 0 Å². The Bertz CT molecular complexity index is 538. The summed E-state index contributed by atoms with van der Waals surface area (Å²) in [7, 11) is -3.43. The average Bonchev–Trinajstić information content (AvgIpc) is 2.90. The van der Waals surface area contributed by atoms with Crippen molar-refractivity contribution in [1.82, 2.24) is 4.72 Å². The van der Waals surface area contributed by atoms with E-state index in [4.69, 9.17) is 5.73 Å². The lowest BCUT2D eigenvalue weighted by molar-refractivity contribution is 0.545. The lowest BCUT2D eigenvalue weighted by Crippen LogP contribution is -2.30. The smallest absolute Gasteiger partial charge is 0.240 e. The van der Waals surface area contributed by atoms with Crippen molar-refractivity contribution in [3.63, 3.8) is 0 Å². The van der Waals surface area contributed by atoms with E-state index in [1.165, 1.54) is 0 Å². The SMILES string of the molecule is Cc1c(CN)cccc1S(=O)(=O)NCC1CCSC1. The van der Waals surface area contributed by atoms with Gasteiger partial charge in [0.05, 0.1) is 4.90 Å². The fraction of sp³-hybridized carbons (Fsp3) is 0.538. The zero-order chi connectivity index (χ0) is 13.9. The minimum Gasteiger partial charge on any atom is -0.326 e. The van der Waals surface area contributed by atoms with Crippen molar-refractivity contribution in [2.45, 2.75) is 24.8 Å². The van der Waals surface area contributed by atoms with Gasteiger partial charge in [-0.05, 0) is 48.0 Å². The summed E-state index contributed by atoms with van der Waals surface area (Å²) in [6.45, 7) is 2.69. The predicted molar refractivity (Wildman–Crippen MR) is 79.7 cm³/mol. The fourth-order valence-corrected chi connectivity index (χ4v) is 4.91. The molecule has 0 spiro atoms. The average molecular weight is 300 g/mol. The third kappa shape index (κ3) is 3.51. The molecule has 0 aromatic heterocycles. The first kappa shape index (κ1) is 14.8. The predicted octanol–water partition coefficient (Wildman–Crippen LogP) is 1.49. The first-order valence-electron chi connectivity index (χ1n) is 6.40. The van der Waals surface area contributed by atoms with Crippen LogP contribution in [0.2, 0.25) is 0 Å². The van der Waals surface area contributed by atoms with Crippen LogP contribution in [0.1, 0.15) is 17.5 Å². The second-order valence-electron chi connectivity index (χ2n) is 4.83. The highest BCUT2D eigenvalue weighted by Crippen LogP contribution is 2.24. The van der Waals surface area contributed by atoms with Gasteiger partial charge in [0.2, 0.25) is 10.0 Å². The Balaban J connectivity index is 2.14. The van der Waals surface area contributed by atoms with Crippen molar-refractivity contribution < 1.29 is 8.42 Å². The molecule has 1 unspecified atom stereocenters. The molecule has 1 fully saturated rings. The number of sulfonamides is 1. The number of nitrogens with two attached hydrogens (primary N) is 1. The number of rotatable bonds is 5. The highest BCUT2D eigenvalue weighted by Gasteiger charge is 2.21. The molecule has 1 atom stereocenters. The van der Waals surface area contributed by atoms with E-state index < -0.39 is 10.0 Å². The molecular weight excluding hydrogens is 280 g/mol. The molecule has 1 heterocycles. The number of thioether (sulfide) groups is 1. The molecule has 1 aromatic rings. The third-order valence-corrected chi connectivity index (χ3v) is 6.29. The van der Waals surface area contributed by atoms with Crippen LogP contribution in [0.4, 0.5) is 0 Å². The molecule has 6 heteroatoms. The molecule has 0 bridgehead atoms. The highest BCUT2D eigenvalue weighted by atomic mass is 32.2. The summed E-state index contributed by atoms with van der Waals surface area (Å²) >= 11 is 1.89. The largest absolute Gasteiger partial charge is 0.326 e. The maximum Gasteiger partial charge on any atom is 0.240 e. The molecule has 0 amide bonds. The summed E-state index contributed by atoms with van der Waals surface area (Å²) in [4.78, 5) is 0.348. The summed E-state index contributed by atoms with van der Waals surface area (Å²) in [5.74, 6) is 2.64. The molecule has 0 saturated carbocycles. The van der Waals surface area contributed by atoms with Crippen molar-refractivity contribution in [2.24, 2.45) is 11.7 Å². The molecule has 106 valence electrons. The maximum atomic E-state index is 12.3. The first-order valence-corrected chi connectivity index (χ1v) is 9.04. The van der Waals surface area contributed by atoms with Crippen LogP contribution in [0.15, 0.2) is 23.1 Å². The number of hydrogen-bond acceptors (Lipinski definition) is 4. The summed E-state index contributed by atoms with van der Waals surface area (Å²) in [6.07, 6.45) is 1.09. The van der Waals surface area contributed by atoms with E-state index in [1.54, 1.807) is 12.1 Å². The summed E-state index contributed by atoms with van der Waals surface area (Å²) in [5, 5.41) is 0. The van der Waals surface area contributed by atoms with Crippen molar-refractivity contribution in [3.05, 3.63) is 29.3 Å². The van der Waals surface area contributed by atoms with Crippen LogP contribution in [0, 0.1) is 12.8 Å². The minimum absolute atomic E-state index is 0.348. The Labute approximate surface area is 119 Å². The monoisotopic (exact) mass is 300 g/mol. The minimum atomic E-state index is -3.43. The maximum absolute atomic E-state index is 12.3. The summed E-state index contributed by atoms with van der Waals surface area (Å²) in [6, 6.07) is 5.25. The second kappa shape index (κ2) is 6.26. The van der Waals surface area contributed by atoms with Crippen LogP contribution in [-0.2, 0) is 16.6 Å². The van der Waals surface area contributed by atoms with E-state index in [9.17, 15) is 8.42 Å². The Morgan fingerprint density at radius 3 is 2.89 bits per heavy atom. The highest BCUT2D eigenvalue weighted by molar-refractivity contribution is 7.99. The molecule has 4 nitrogen and oxygen atoms in total. The van der Waals surface area contributed by atoms with Gasteiger partial charge < -0.3 is 5.73 Å². The van der Waals surface area contributed by atoms with Crippen LogP contribution in [0.3, 0.4) is 0 Å². The molecule has 3 N–H and O–H groups in total. The first-order chi connectivity index (χ1) is 9.04. The van der Waals surface area contributed by atoms with Gasteiger partial charge in [-0.25, -0.2) is 13.1 Å². The zero-order valence-corrected chi connectivity index (χ0v) is 12.7. The second-order valence-corrected chi connectivity index (χ2v) is 7.71. The number of nitrogens with one attached hydrogen (secondary N) is 1. The standard InChI is InChI=1S/C13H20N2O2S2/c1-10-12(7-14)3-2-4-13(10)19(16,17)15-8-11-5-6-18-9-11/h2-4,11,15H,5-9,14H2,1H3. The quantitative estimate of drug-likeness (QED) is 0.864. The zero-order valence-electron chi connectivity index (χ0n) is 11.1. The molecule has 1 saturated heterocycles. The lowest BCUT2D eigenvalue weighted by Gasteiger charge is -2.14. The van der Waals surface area contributed by atoms with E-state index in [1.807, 2.05) is 24.8 Å². The third-order valence-electron chi connectivity index (χ3n) is 3.49. The molecule has 1 aliphatic heterocycles. The van der Waals surface area contributed by atoms with Crippen LogP contribution in [0.25, 0.3) is 0 Å². The molecule has 1 aliphatic rings. The van der Waals surface area contributed by atoms with Gasteiger partial charge in [-0.1, -0.05) is 12.1 Å². The molecule has 0 aliphatic carbocycles. The van der Waals surface area contributed by atoms with E-state index in [0.717, 1.165) is 29.1 Å². The van der Waals surface area contributed by atoms with Crippen molar-refractivity contribution in [1.29, 1.82) is 0 Å². The molecule has 0 radical (unpaired) electrons. The Kier molecular flexibility index (Phi) is 4.89. The summed E-state index contributed by atoms with van der Waals surface area (Å²) < 4.78 is 27.4. The number of benzene rings is 1. The topological polar surface area (TPSA) is 72.2 Å². The number of hydrogen-bond donors (Lipinski definition) is 2. The Morgan fingerprint density at radius 1 is 1.47 bits per heavy atom. The van der Waals surface area contributed by atoms with Crippen molar-refractivity contribution in [3.8, 4) is 0 Å². The van der Waals surface area contributed by atoms with Crippen molar-refractivity contribution in [2.75, 3.05) is 18.1 Å². The molecule has 19 heavy (non-hydrogen) atoms. The Morgan fingerprint density at radius 2 is 2.26 bits per heavy atom. The van der Waals surface area contributed by atoms with Crippen molar-refractivity contribution >= 4 is 21.8 Å². The van der Waals surface area contributed by atoms with Gasteiger partial charge >= 0.3 is 0 Å². The van der Waals surface area contributed by atoms with Gasteiger partial charge in [0.1, 0.15) is 0 Å². The van der Waals surface area contributed by atoms with Crippen LogP contribution >= 0.6 is 11.8 Å². The Hall–Kier alpha value is -0.560. The van der Waals surface area contributed by atoms with E-state index in [-0.39, 0.29) is 0 Å². The van der Waals surface area contributed by atoms with Gasteiger partial charge in [-0.2, -0.15) is 11.8 Å². The van der Waals surface area contributed by atoms with E-state index in [2.05, 4.69) is 4.72 Å². The fourth-order valence-electron chi connectivity index (χ4n) is 2.22. The normalized spacial score (nSPS) is 19.8. The van der Waals surface area contributed by atoms with Crippen LogP contribution < -0.4 is 10.5 Å². The van der Waals surface area contributed by atoms with Gasteiger partial charge in [-0.15, -0.1) is 0 Å². The van der Waals surface area contributed by atoms with E-state index in [0.29, 0.717) is 23.9 Å². The van der Waals surface area contributed by atoms with Crippen LogP contribution in [-0.4, -0.2) is 26.5 Å². The van der Waals surface area contributed by atoms with E-state index >= 15 is 0 Å². The van der Waals surface area contributed by atoms with Gasteiger partial charge in [-0.3, -0.25) is 0 Å². The van der Waals surface area contributed by atoms with Gasteiger partial charge in [0.25, 0.3) is 0 Å². The molecule has 1 aromatic carbocycles.